The molecule has 0 saturated heterocycles. The minimum atomic E-state index is 0.314. The third kappa shape index (κ3) is 4.85. The quantitative estimate of drug-likeness (QED) is 0.721. The zero-order valence-corrected chi connectivity index (χ0v) is 13.0. The van der Waals surface area contributed by atoms with Gasteiger partial charge in [0.2, 0.25) is 5.75 Å². The fourth-order valence-electron chi connectivity index (χ4n) is 2.16. The Morgan fingerprint density at radius 1 is 1.35 bits per heavy atom. The van der Waals surface area contributed by atoms with Gasteiger partial charge in [-0.1, -0.05) is 13.8 Å². The fraction of sp³-hybridized carbons (Fsp3) is 0.714. The fourth-order valence-corrected chi connectivity index (χ4v) is 2.16. The highest BCUT2D eigenvalue weighted by atomic mass is 16.5. The lowest BCUT2D eigenvalue weighted by Gasteiger charge is -2.20. The predicted molar refractivity (Wildman–Crippen MR) is 83.1 cm³/mol. The maximum absolute atomic E-state index is 5.76. The molecule has 1 aromatic heterocycles. The van der Waals surface area contributed by atoms with Crippen molar-refractivity contribution >= 4 is 11.6 Å². The van der Waals surface area contributed by atoms with Crippen LogP contribution in [-0.2, 0) is 0 Å². The minimum absolute atomic E-state index is 0.314. The Kier molecular flexibility index (Phi) is 7.08. The van der Waals surface area contributed by atoms with Crippen molar-refractivity contribution in [3.63, 3.8) is 0 Å². The molecule has 0 aliphatic carbocycles. The van der Waals surface area contributed by atoms with Gasteiger partial charge in [-0.15, -0.1) is 0 Å². The zero-order valence-electron chi connectivity index (χ0n) is 13.0. The van der Waals surface area contributed by atoms with Crippen LogP contribution in [0.1, 0.15) is 33.6 Å². The van der Waals surface area contributed by atoms with E-state index in [1.54, 1.807) is 7.11 Å². The highest BCUT2D eigenvalue weighted by Crippen LogP contribution is 2.27. The van der Waals surface area contributed by atoms with Crippen molar-refractivity contribution in [2.45, 2.75) is 39.7 Å². The van der Waals surface area contributed by atoms with Crippen LogP contribution in [0.3, 0.4) is 0 Å². The normalized spacial score (nSPS) is 12.4. The smallest absolute Gasteiger partial charge is 0.203 e. The summed E-state index contributed by atoms with van der Waals surface area (Å²) >= 11 is 0. The number of rotatable bonds is 9. The first-order valence-electron chi connectivity index (χ1n) is 7.25. The first-order valence-corrected chi connectivity index (χ1v) is 7.25. The van der Waals surface area contributed by atoms with Gasteiger partial charge in [-0.25, -0.2) is 9.97 Å². The molecule has 1 heterocycles. The maximum atomic E-state index is 5.76. The highest BCUT2D eigenvalue weighted by Gasteiger charge is 2.12. The van der Waals surface area contributed by atoms with E-state index in [0.717, 1.165) is 32.5 Å². The Balaban J connectivity index is 2.46. The minimum Gasteiger partial charge on any atom is -0.490 e. The molecule has 0 aliphatic heterocycles. The van der Waals surface area contributed by atoms with E-state index in [1.807, 2.05) is 0 Å². The lowest BCUT2D eigenvalue weighted by Crippen LogP contribution is -2.26. The second-order valence-electron chi connectivity index (χ2n) is 4.86. The summed E-state index contributed by atoms with van der Waals surface area (Å²) in [5.74, 6) is 1.54. The Labute approximate surface area is 121 Å². The molecule has 0 aliphatic rings. The van der Waals surface area contributed by atoms with Gasteiger partial charge < -0.3 is 20.7 Å². The summed E-state index contributed by atoms with van der Waals surface area (Å²) in [6.45, 7) is 9.87. The molecule has 114 valence electrons. The Hall–Kier alpha value is -1.56. The molecule has 0 radical (unpaired) electrons. The summed E-state index contributed by atoms with van der Waals surface area (Å²) in [6.07, 6.45) is 3.67. The monoisotopic (exact) mass is 281 g/mol. The number of anilines is 2. The Bertz CT molecular complexity index is 395. The number of aromatic nitrogens is 2. The van der Waals surface area contributed by atoms with E-state index in [0.29, 0.717) is 23.4 Å². The Morgan fingerprint density at radius 3 is 2.65 bits per heavy atom. The summed E-state index contributed by atoms with van der Waals surface area (Å²) in [7, 11) is 1.57. The zero-order chi connectivity index (χ0) is 15.0. The largest absolute Gasteiger partial charge is 0.490 e. The number of nitrogens with two attached hydrogens (primary N) is 1. The lowest BCUT2D eigenvalue weighted by molar-refractivity contribution is 0.295. The van der Waals surface area contributed by atoms with Gasteiger partial charge in [-0.05, 0) is 39.4 Å². The van der Waals surface area contributed by atoms with Gasteiger partial charge in [-0.2, -0.15) is 0 Å². The van der Waals surface area contributed by atoms with E-state index in [-0.39, 0.29) is 0 Å². The third-order valence-corrected chi connectivity index (χ3v) is 3.42. The topological polar surface area (TPSA) is 76.3 Å². The van der Waals surface area contributed by atoms with Gasteiger partial charge in [0.25, 0.3) is 0 Å². The third-order valence-electron chi connectivity index (χ3n) is 3.42. The van der Waals surface area contributed by atoms with E-state index >= 15 is 0 Å². The van der Waals surface area contributed by atoms with Crippen LogP contribution < -0.4 is 15.8 Å². The SMILES string of the molecule is CCN(CC)CCCC(C)Nc1ncnc(N)c1OC. The van der Waals surface area contributed by atoms with Crippen LogP contribution in [0.4, 0.5) is 11.6 Å². The van der Waals surface area contributed by atoms with E-state index in [9.17, 15) is 0 Å². The molecule has 0 spiro atoms. The molecule has 0 aromatic carbocycles. The number of nitrogens with zero attached hydrogens (tertiary/aromatic N) is 3. The second kappa shape index (κ2) is 8.58. The molecule has 0 fully saturated rings. The van der Waals surface area contributed by atoms with E-state index in [2.05, 4.69) is 41.0 Å². The molecule has 0 saturated carbocycles. The van der Waals surface area contributed by atoms with Crippen LogP contribution >= 0.6 is 0 Å². The van der Waals surface area contributed by atoms with Gasteiger partial charge in [-0.3, -0.25) is 0 Å². The van der Waals surface area contributed by atoms with Crippen LogP contribution in [0.15, 0.2) is 6.33 Å². The summed E-state index contributed by atoms with van der Waals surface area (Å²) in [5, 5.41) is 3.34. The first kappa shape index (κ1) is 16.5. The van der Waals surface area contributed by atoms with Gasteiger partial charge >= 0.3 is 0 Å². The highest BCUT2D eigenvalue weighted by molar-refractivity contribution is 5.61. The molecule has 1 rings (SSSR count). The predicted octanol–water partition coefficient (Wildman–Crippen LogP) is 1.99. The molecule has 1 atom stereocenters. The van der Waals surface area contributed by atoms with Crippen LogP contribution in [0.2, 0.25) is 0 Å². The number of methoxy groups -OCH3 is 1. The molecule has 0 amide bonds. The molecular weight excluding hydrogens is 254 g/mol. The van der Waals surface area contributed by atoms with Crippen LogP contribution in [0, 0.1) is 0 Å². The molecule has 20 heavy (non-hydrogen) atoms. The number of hydrogen-bond acceptors (Lipinski definition) is 6. The van der Waals surface area contributed by atoms with E-state index in [4.69, 9.17) is 10.5 Å². The summed E-state index contributed by atoms with van der Waals surface area (Å²) < 4.78 is 5.23. The van der Waals surface area contributed by atoms with Crippen LogP contribution in [0.25, 0.3) is 0 Å². The Morgan fingerprint density at radius 2 is 2.05 bits per heavy atom. The number of nitrogens with one attached hydrogen (secondary N) is 1. The maximum Gasteiger partial charge on any atom is 0.203 e. The number of hydrogen-bond donors (Lipinski definition) is 2. The summed E-state index contributed by atoms with van der Waals surface area (Å²) in [6, 6.07) is 0.314. The molecule has 1 unspecified atom stereocenters. The van der Waals surface area contributed by atoms with Crippen LogP contribution in [-0.4, -0.2) is 47.7 Å². The molecule has 3 N–H and O–H groups in total. The van der Waals surface area contributed by atoms with E-state index in [1.165, 1.54) is 6.33 Å². The van der Waals surface area contributed by atoms with Gasteiger partial charge in [0.15, 0.2) is 11.6 Å². The van der Waals surface area contributed by atoms with Crippen molar-refractivity contribution in [2.24, 2.45) is 0 Å². The van der Waals surface area contributed by atoms with Crippen molar-refractivity contribution < 1.29 is 4.74 Å². The van der Waals surface area contributed by atoms with Gasteiger partial charge in [0.05, 0.1) is 7.11 Å². The second-order valence-corrected chi connectivity index (χ2v) is 4.86. The average Bonchev–Trinajstić information content (AvgIpc) is 2.44. The summed E-state index contributed by atoms with van der Waals surface area (Å²) in [5.41, 5.74) is 5.76. The van der Waals surface area contributed by atoms with Crippen molar-refractivity contribution in [3.05, 3.63) is 6.33 Å². The number of ether oxygens (including phenoxy) is 1. The van der Waals surface area contributed by atoms with E-state index < -0.39 is 0 Å². The molecule has 6 nitrogen and oxygen atoms in total. The molecule has 1 aromatic rings. The first-order chi connectivity index (χ1) is 9.62. The van der Waals surface area contributed by atoms with Crippen molar-refractivity contribution in [1.29, 1.82) is 0 Å². The van der Waals surface area contributed by atoms with Gasteiger partial charge in [0.1, 0.15) is 6.33 Å². The van der Waals surface area contributed by atoms with Gasteiger partial charge in [0, 0.05) is 6.04 Å². The van der Waals surface area contributed by atoms with Crippen molar-refractivity contribution in [1.82, 2.24) is 14.9 Å². The number of nitrogen functional groups attached to an aromatic ring is 1. The van der Waals surface area contributed by atoms with Crippen molar-refractivity contribution in [2.75, 3.05) is 37.8 Å². The van der Waals surface area contributed by atoms with Crippen molar-refractivity contribution in [3.8, 4) is 5.75 Å². The molecular formula is C14H27N5O. The standard InChI is InChI=1S/C14H27N5O/c1-5-19(6-2)9-7-8-11(3)18-14-12(20-4)13(15)16-10-17-14/h10-11H,5-9H2,1-4H3,(H3,15,16,17,18). The average molecular weight is 281 g/mol. The summed E-state index contributed by atoms with van der Waals surface area (Å²) in [4.78, 5) is 10.5. The molecule has 6 heteroatoms. The molecule has 0 bridgehead atoms. The lowest BCUT2D eigenvalue weighted by atomic mass is 10.1. The van der Waals surface area contributed by atoms with Crippen LogP contribution in [0.5, 0.6) is 5.75 Å².